The second-order valence-corrected chi connectivity index (χ2v) is 5.93. The molecule has 0 fully saturated rings. The van der Waals surface area contributed by atoms with E-state index in [2.05, 4.69) is 15.5 Å². The van der Waals surface area contributed by atoms with E-state index in [1.807, 2.05) is 19.1 Å². The van der Waals surface area contributed by atoms with Crippen LogP contribution in [0.2, 0.25) is 5.15 Å². The van der Waals surface area contributed by atoms with Crippen molar-refractivity contribution in [2.45, 2.75) is 6.92 Å². The molecule has 1 aromatic heterocycles. The van der Waals surface area contributed by atoms with Gasteiger partial charge in [-0.2, -0.15) is 5.10 Å². The first-order chi connectivity index (χ1) is 12.4. The van der Waals surface area contributed by atoms with Crippen molar-refractivity contribution in [2.24, 2.45) is 5.10 Å². The molecule has 1 N–H and O–H groups in total. The SMILES string of the molecule is Cc1ccc(C(=O)N/N=C\c2cc3cc([N+](=O)[O-])ccc3nc2Cl)cc1. The van der Waals surface area contributed by atoms with Crippen molar-refractivity contribution in [1.29, 1.82) is 0 Å². The summed E-state index contributed by atoms with van der Waals surface area (Å²) in [6, 6.07) is 13.0. The number of nitrogens with zero attached hydrogens (tertiary/aromatic N) is 3. The number of nitro benzene ring substituents is 1. The summed E-state index contributed by atoms with van der Waals surface area (Å²) in [6.07, 6.45) is 1.35. The lowest BCUT2D eigenvalue weighted by atomic mass is 10.1. The fraction of sp³-hybridized carbons (Fsp3) is 0.0556. The molecule has 0 saturated heterocycles. The lowest BCUT2D eigenvalue weighted by Gasteiger charge is -2.03. The highest BCUT2D eigenvalue weighted by molar-refractivity contribution is 6.32. The van der Waals surface area contributed by atoms with E-state index in [-0.39, 0.29) is 16.7 Å². The molecule has 7 nitrogen and oxygen atoms in total. The highest BCUT2D eigenvalue weighted by atomic mass is 35.5. The largest absolute Gasteiger partial charge is 0.271 e. The molecular weight excluding hydrogens is 356 g/mol. The van der Waals surface area contributed by atoms with E-state index in [0.717, 1.165) is 5.56 Å². The molecule has 2 aromatic carbocycles. The molecule has 3 rings (SSSR count). The number of nitro groups is 1. The number of pyridine rings is 1. The number of non-ortho nitro benzene ring substituents is 1. The van der Waals surface area contributed by atoms with Crippen LogP contribution in [0.1, 0.15) is 21.5 Å². The highest BCUT2D eigenvalue weighted by Crippen LogP contribution is 2.23. The van der Waals surface area contributed by atoms with Crippen LogP contribution in [0.15, 0.2) is 53.6 Å². The van der Waals surface area contributed by atoms with Gasteiger partial charge in [-0.15, -0.1) is 0 Å². The Labute approximate surface area is 153 Å². The Hall–Kier alpha value is -3.32. The van der Waals surface area contributed by atoms with E-state index < -0.39 is 4.92 Å². The maximum Gasteiger partial charge on any atom is 0.271 e. The fourth-order valence-corrected chi connectivity index (χ4v) is 2.49. The van der Waals surface area contributed by atoms with E-state index in [1.165, 1.54) is 24.4 Å². The second kappa shape index (κ2) is 7.28. The summed E-state index contributed by atoms with van der Waals surface area (Å²) >= 11 is 6.11. The number of carbonyl (C=O) groups is 1. The van der Waals surface area contributed by atoms with Gasteiger partial charge in [-0.25, -0.2) is 10.4 Å². The van der Waals surface area contributed by atoms with E-state index in [0.29, 0.717) is 22.0 Å². The first kappa shape index (κ1) is 17.5. The number of hydrazone groups is 1. The maximum atomic E-state index is 12.0. The number of hydrogen-bond donors (Lipinski definition) is 1. The Balaban J connectivity index is 1.81. The minimum Gasteiger partial charge on any atom is -0.267 e. The molecule has 0 unspecified atom stereocenters. The Kier molecular flexibility index (Phi) is 4.90. The van der Waals surface area contributed by atoms with Gasteiger partial charge in [0.25, 0.3) is 11.6 Å². The van der Waals surface area contributed by atoms with Crippen LogP contribution < -0.4 is 5.43 Å². The van der Waals surface area contributed by atoms with Gasteiger partial charge in [0.05, 0.1) is 16.7 Å². The molecule has 0 radical (unpaired) electrons. The number of aryl methyl sites for hydroxylation is 1. The Morgan fingerprint density at radius 3 is 2.65 bits per heavy atom. The van der Waals surface area contributed by atoms with Gasteiger partial charge in [-0.1, -0.05) is 29.3 Å². The number of fused-ring (bicyclic) bond motifs is 1. The molecule has 130 valence electrons. The average Bonchev–Trinajstić information content (AvgIpc) is 2.62. The molecule has 0 aliphatic rings. The molecule has 0 aliphatic heterocycles. The second-order valence-electron chi connectivity index (χ2n) is 5.57. The number of aromatic nitrogens is 1. The van der Waals surface area contributed by atoms with Crippen LogP contribution in [0, 0.1) is 17.0 Å². The number of rotatable bonds is 4. The van der Waals surface area contributed by atoms with Crippen LogP contribution in [0.3, 0.4) is 0 Å². The maximum absolute atomic E-state index is 12.0. The van der Waals surface area contributed by atoms with Crippen molar-refractivity contribution < 1.29 is 9.72 Å². The summed E-state index contributed by atoms with van der Waals surface area (Å²) in [7, 11) is 0. The van der Waals surface area contributed by atoms with E-state index >= 15 is 0 Å². The van der Waals surface area contributed by atoms with Crippen molar-refractivity contribution >= 4 is 40.3 Å². The zero-order chi connectivity index (χ0) is 18.7. The summed E-state index contributed by atoms with van der Waals surface area (Å²) in [5, 5.41) is 15.5. The average molecular weight is 369 g/mol. The minimum atomic E-state index is -0.483. The molecule has 1 heterocycles. The van der Waals surface area contributed by atoms with Crippen molar-refractivity contribution in [3.05, 3.63) is 80.5 Å². The fourth-order valence-electron chi connectivity index (χ4n) is 2.29. The van der Waals surface area contributed by atoms with Crippen molar-refractivity contribution in [2.75, 3.05) is 0 Å². The van der Waals surface area contributed by atoms with Crippen LogP contribution >= 0.6 is 11.6 Å². The third kappa shape index (κ3) is 3.84. The molecule has 0 saturated carbocycles. The van der Waals surface area contributed by atoms with Crippen LogP contribution in [-0.2, 0) is 0 Å². The predicted octanol–water partition coefficient (Wildman–Crippen LogP) is 3.87. The Morgan fingerprint density at radius 2 is 1.96 bits per heavy atom. The molecule has 0 atom stereocenters. The summed E-state index contributed by atoms with van der Waals surface area (Å²) in [5.74, 6) is -0.359. The van der Waals surface area contributed by atoms with Gasteiger partial charge in [0.2, 0.25) is 0 Å². The van der Waals surface area contributed by atoms with E-state index in [1.54, 1.807) is 18.2 Å². The molecule has 26 heavy (non-hydrogen) atoms. The van der Waals surface area contributed by atoms with Crippen LogP contribution in [0.25, 0.3) is 10.9 Å². The van der Waals surface area contributed by atoms with Gasteiger partial charge in [0.1, 0.15) is 5.15 Å². The van der Waals surface area contributed by atoms with Gasteiger partial charge in [0.15, 0.2) is 0 Å². The van der Waals surface area contributed by atoms with Gasteiger partial charge in [-0.3, -0.25) is 14.9 Å². The molecule has 0 spiro atoms. The number of nitrogens with one attached hydrogen (secondary N) is 1. The van der Waals surface area contributed by atoms with Crippen molar-refractivity contribution in [3.8, 4) is 0 Å². The normalized spacial score (nSPS) is 11.0. The Morgan fingerprint density at radius 1 is 1.23 bits per heavy atom. The van der Waals surface area contributed by atoms with Crippen molar-refractivity contribution in [3.63, 3.8) is 0 Å². The molecule has 0 bridgehead atoms. The van der Waals surface area contributed by atoms with Crippen LogP contribution in [-0.4, -0.2) is 22.0 Å². The molecule has 8 heteroatoms. The summed E-state index contributed by atoms with van der Waals surface area (Å²) in [6.45, 7) is 1.93. The molecule has 1 amide bonds. The Bertz CT molecular complexity index is 1030. The summed E-state index contributed by atoms with van der Waals surface area (Å²) < 4.78 is 0. The standard InChI is InChI=1S/C18H13ClN4O3/c1-11-2-4-12(5-3-11)18(24)22-20-10-14-8-13-9-15(23(25)26)6-7-16(13)21-17(14)19/h2-10H,1H3,(H,22,24)/b20-10-. The van der Waals surface area contributed by atoms with Gasteiger partial charge < -0.3 is 0 Å². The predicted molar refractivity (Wildman–Crippen MR) is 99.6 cm³/mol. The van der Waals surface area contributed by atoms with Gasteiger partial charge in [0, 0.05) is 28.6 Å². The molecule has 0 aliphatic carbocycles. The number of carbonyl (C=O) groups excluding carboxylic acids is 1. The smallest absolute Gasteiger partial charge is 0.267 e. The number of hydrogen-bond acceptors (Lipinski definition) is 5. The number of halogens is 1. The van der Waals surface area contributed by atoms with Gasteiger partial charge in [-0.05, 0) is 31.2 Å². The number of amides is 1. The lowest BCUT2D eigenvalue weighted by molar-refractivity contribution is -0.384. The zero-order valence-electron chi connectivity index (χ0n) is 13.6. The lowest BCUT2D eigenvalue weighted by Crippen LogP contribution is -2.17. The minimum absolute atomic E-state index is 0.0443. The first-order valence-corrected chi connectivity index (χ1v) is 7.96. The highest BCUT2D eigenvalue weighted by Gasteiger charge is 2.09. The van der Waals surface area contributed by atoms with E-state index in [4.69, 9.17) is 11.6 Å². The summed E-state index contributed by atoms with van der Waals surface area (Å²) in [5.41, 5.74) is 4.85. The van der Waals surface area contributed by atoms with E-state index in [9.17, 15) is 14.9 Å². The van der Waals surface area contributed by atoms with Crippen molar-refractivity contribution in [1.82, 2.24) is 10.4 Å². The van der Waals surface area contributed by atoms with Crippen LogP contribution in [0.4, 0.5) is 5.69 Å². The topological polar surface area (TPSA) is 97.5 Å². The molecular formula is C18H13ClN4O3. The molecule has 3 aromatic rings. The summed E-state index contributed by atoms with van der Waals surface area (Å²) in [4.78, 5) is 26.6. The monoisotopic (exact) mass is 368 g/mol. The zero-order valence-corrected chi connectivity index (χ0v) is 14.4. The van der Waals surface area contributed by atoms with Gasteiger partial charge >= 0.3 is 0 Å². The van der Waals surface area contributed by atoms with Crippen LogP contribution in [0.5, 0.6) is 0 Å². The first-order valence-electron chi connectivity index (χ1n) is 7.59. The quantitative estimate of drug-likeness (QED) is 0.327. The third-order valence-electron chi connectivity index (χ3n) is 3.67. The third-order valence-corrected chi connectivity index (χ3v) is 3.98. The number of benzene rings is 2.